The topological polar surface area (TPSA) is 38.3 Å². The highest BCUT2D eigenvalue weighted by molar-refractivity contribution is 7.99. The van der Waals surface area contributed by atoms with E-state index in [1.807, 2.05) is 57.2 Å². The fourth-order valence-corrected chi connectivity index (χ4v) is 3.07. The average Bonchev–Trinajstić information content (AvgIpc) is 2.60. The van der Waals surface area contributed by atoms with Gasteiger partial charge in [-0.2, -0.15) is 0 Å². The van der Waals surface area contributed by atoms with E-state index in [0.717, 1.165) is 22.6 Å². The summed E-state index contributed by atoms with van der Waals surface area (Å²) in [4.78, 5) is 13.6. The van der Waals surface area contributed by atoms with Gasteiger partial charge in [-0.25, -0.2) is 0 Å². The molecule has 0 heterocycles. The predicted octanol–water partition coefficient (Wildman–Crippen LogP) is 4.37. The number of hydrogen-bond acceptors (Lipinski definition) is 3. The van der Waals surface area contributed by atoms with Gasteiger partial charge in [-0.1, -0.05) is 37.3 Å². The predicted molar refractivity (Wildman–Crippen MR) is 101 cm³/mol. The summed E-state index contributed by atoms with van der Waals surface area (Å²) in [6.45, 7) is 6.61. The highest BCUT2D eigenvalue weighted by atomic mass is 32.2. The summed E-state index contributed by atoms with van der Waals surface area (Å²) < 4.78 is 5.93. The third-order valence-corrected chi connectivity index (χ3v) is 4.70. The van der Waals surface area contributed by atoms with Crippen LogP contribution in [0.15, 0.2) is 53.4 Å². The summed E-state index contributed by atoms with van der Waals surface area (Å²) in [6.07, 6.45) is 0.192. The van der Waals surface area contributed by atoms with E-state index in [2.05, 4.69) is 17.4 Å². The minimum Gasteiger partial charge on any atom is -0.480 e. The maximum atomic E-state index is 12.3. The van der Waals surface area contributed by atoms with Crippen LogP contribution in [-0.2, 0) is 4.79 Å². The zero-order valence-electron chi connectivity index (χ0n) is 14.5. The second-order valence-corrected chi connectivity index (χ2v) is 6.90. The van der Waals surface area contributed by atoms with Crippen molar-refractivity contribution in [2.24, 2.45) is 0 Å². The van der Waals surface area contributed by atoms with Crippen LogP contribution in [-0.4, -0.2) is 24.3 Å². The summed E-state index contributed by atoms with van der Waals surface area (Å²) in [5.74, 6) is 1.58. The molecule has 4 heteroatoms. The molecule has 0 aromatic heterocycles. The Morgan fingerprint density at radius 1 is 1.17 bits per heavy atom. The van der Waals surface area contributed by atoms with Crippen molar-refractivity contribution in [3.05, 3.63) is 59.7 Å². The molecule has 0 spiro atoms. The highest BCUT2D eigenvalue weighted by Gasteiger charge is 2.18. The molecule has 0 saturated carbocycles. The van der Waals surface area contributed by atoms with Gasteiger partial charge >= 0.3 is 0 Å². The lowest BCUT2D eigenvalue weighted by Gasteiger charge is -2.19. The van der Waals surface area contributed by atoms with Gasteiger partial charge in [0, 0.05) is 17.2 Å². The van der Waals surface area contributed by atoms with Gasteiger partial charge in [0.05, 0.1) is 0 Å². The number of ether oxygens (including phenoxy) is 1. The molecule has 2 aromatic rings. The van der Waals surface area contributed by atoms with Crippen molar-refractivity contribution in [3.8, 4) is 5.75 Å². The number of carbonyl (C=O) groups excluding carboxylic acids is 1. The standard InChI is InChI=1S/C20H25NO2S/c1-4-18(23-19-14-15(2)10-11-16(19)3)20(22)21-12-13-24-17-8-6-5-7-9-17/h5-11,14,18H,4,12-13H2,1-3H3,(H,21,22). The van der Waals surface area contributed by atoms with Gasteiger partial charge in [-0.15, -0.1) is 11.8 Å². The summed E-state index contributed by atoms with van der Waals surface area (Å²) in [5, 5.41) is 2.97. The van der Waals surface area contributed by atoms with Crippen molar-refractivity contribution < 1.29 is 9.53 Å². The van der Waals surface area contributed by atoms with E-state index < -0.39 is 6.10 Å². The Labute approximate surface area is 148 Å². The molecule has 1 atom stereocenters. The molecule has 0 radical (unpaired) electrons. The number of benzene rings is 2. The second-order valence-electron chi connectivity index (χ2n) is 5.74. The molecule has 0 aliphatic carbocycles. The maximum Gasteiger partial charge on any atom is 0.261 e. The first-order valence-electron chi connectivity index (χ1n) is 8.29. The summed E-state index contributed by atoms with van der Waals surface area (Å²) in [6, 6.07) is 16.2. The molecule has 0 fully saturated rings. The summed E-state index contributed by atoms with van der Waals surface area (Å²) in [5.41, 5.74) is 2.18. The number of carbonyl (C=O) groups is 1. The molecule has 128 valence electrons. The molecule has 1 amide bonds. The molecule has 3 nitrogen and oxygen atoms in total. The molecule has 2 rings (SSSR count). The van der Waals surface area contributed by atoms with Gasteiger partial charge < -0.3 is 10.1 Å². The quantitative estimate of drug-likeness (QED) is 0.571. The van der Waals surface area contributed by atoms with E-state index in [1.54, 1.807) is 11.8 Å². The zero-order valence-corrected chi connectivity index (χ0v) is 15.4. The molecule has 24 heavy (non-hydrogen) atoms. The van der Waals surface area contributed by atoms with Crippen LogP contribution in [0.5, 0.6) is 5.75 Å². The first-order valence-corrected chi connectivity index (χ1v) is 9.28. The van der Waals surface area contributed by atoms with Gasteiger partial charge in [-0.3, -0.25) is 4.79 Å². The number of aryl methyl sites for hydroxylation is 2. The zero-order chi connectivity index (χ0) is 17.4. The number of hydrogen-bond donors (Lipinski definition) is 1. The Morgan fingerprint density at radius 3 is 2.62 bits per heavy atom. The Bertz CT molecular complexity index is 658. The van der Waals surface area contributed by atoms with E-state index in [9.17, 15) is 4.79 Å². The van der Waals surface area contributed by atoms with Crippen molar-refractivity contribution >= 4 is 17.7 Å². The van der Waals surface area contributed by atoms with Crippen molar-refractivity contribution in [1.29, 1.82) is 0 Å². The van der Waals surface area contributed by atoms with Gasteiger partial charge in [0.25, 0.3) is 5.91 Å². The van der Waals surface area contributed by atoms with Crippen molar-refractivity contribution in [1.82, 2.24) is 5.32 Å². The Balaban J connectivity index is 1.81. The maximum absolute atomic E-state index is 12.3. The van der Waals surface area contributed by atoms with Gasteiger partial charge in [0.1, 0.15) is 5.75 Å². The summed E-state index contributed by atoms with van der Waals surface area (Å²) >= 11 is 1.73. The fraction of sp³-hybridized carbons (Fsp3) is 0.350. The third kappa shape index (κ3) is 5.60. The lowest BCUT2D eigenvalue weighted by atomic mass is 10.1. The van der Waals surface area contributed by atoms with Gasteiger partial charge in [0.15, 0.2) is 6.10 Å². The smallest absolute Gasteiger partial charge is 0.261 e. The van der Waals surface area contributed by atoms with Gasteiger partial charge in [-0.05, 0) is 49.6 Å². The lowest BCUT2D eigenvalue weighted by Crippen LogP contribution is -2.39. The Morgan fingerprint density at radius 2 is 1.92 bits per heavy atom. The monoisotopic (exact) mass is 343 g/mol. The van der Waals surface area contributed by atoms with Crippen LogP contribution in [0.2, 0.25) is 0 Å². The fourth-order valence-electron chi connectivity index (χ4n) is 2.28. The van der Waals surface area contributed by atoms with Crippen LogP contribution in [0.25, 0.3) is 0 Å². The summed E-state index contributed by atoms with van der Waals surface area (Å²) in [7, 11) is 0. The van der Waals surface area contributed by atoms with Crippen LogP contribution >= 0.6 is 11.8 Å². The minimum absolute atomic E-state index is 0.0490. The second kappa shape index (κ2) is 9.38. The molecular formula is C20H25NO2S. The molecule has 1 N–H and O–H groups in total. The molecule has 0 bridgehead atoms. The van der Waals surface area contributed by atoms with Crippen LogP contribution in [0.3, 0.4) is 0 Å². The van der Waals surface area contributed by atoms with Crippen LogP contribution < -0.4 is 10.1 Å². The highest BCUT2D eigenvalue weighted by Crippen LogP contribution is 2.21. The molecule has 0 saturated heterocycles. The molecule has 0 aliphatic heterocycles. The molecule has 2 aromatic carbocycles. The minimum atomic E-state index is -0.452. The third-order valence-electron chi connectivity index (χ3n) is 3.69. The number of rotatable bonds is 8. The average molecular weight is 343 g/mol. The Kier molecular flexibility index (Phi) is 7.19. The first-order chi connectivity index (χ1) is 11.6. The van der Waals surface area contributed by atoms with Crippen LogP contribution in [0.4, 0.5) is 0 Å². The van der Waals surface area contributed by atoms with E-state index in [4.69, 9.17) is 4.74 Å². The lowest BCUT2D eigenvalue weighted by molar-refractivity contribution is -0.128. The van der Waals surface area contributed by atoms with Crippen molar-refractivity contribution in [2.75, 3.05) is 12.3 Å². The van der Waals surface area contributed by atoms with E-state index in [0.29, 0.717) is 13.0 Å². The molecular weight excluding hydrogens is 318 g/mol. The van der Waals surface area contributed by atoms with Gasteiger partial charge in [0.2, 0.25) is 0 Å². The molecule has 1 unspecified atom stereocenters. The molecule has 0 aliphatic rings. The normalized spacial score (nSPS) is 11.8. The largest absolute Gasteiger partial charge is 0.480 e. The number of nitrogens with one attached hydrogen (secondary N) is 1. The number of thioether (sulfide) groups is 1. The Hall–Kier alpha value is -1.94. The number of amides is 1. The first kappa shape index (κ1) is 18.4. The van der Waals surface area contributed by atoms with E-state index in [-0.39, 0.29) is 5.91 Å². The van der Waals surface area contributed by atoms with Crippen LogP contribution in [0, 0.1) is 13.8 Å². The van der Waals surface area contributed by atoms with E-state index >= 15 is 0 Å². The van der Waals surface area contributed by atoms with Crippen LogP contribution in [0.1, 0.15) is 24.5 Å². The van der Waals surface area contributed by atoms with E-state index in [1.165, 1.54) is 4.90 Å². The van der Waals surface area contributed by atoms with Crippen molar-refractivity contribution in [2.45, 2.75) is 38.2 Å². The SMILES string of the molecule is CCC(Oc1cc(C)ccc1C)C(=O)NCCSc1ccccc1. The van der Waals surface area contributed by atoms with Crippen molar-refractivity contribution in [3.63, 3.8) is 0 Å².